The van der Waals surface area contributed by atoms with Crippen LogP contribution in [0.15, 0.2) is 0 Å². The molecule has 1 fully saturated rings. The topological polar surface area (TPSA) is 0 Å². The first-order chi connectivity index (χ1) is 4.66. The van der Waals surface area contributed by atoms with Crippen LogP contribution in [0.25, 0.3) is 0 Å². The standard InChI is InChI=1S/C8H14Br2/c1-7-2-4-8(10,6-9)5-3-7/h7H,2-6H2,1H3. The van der Waals surface area contributed by atoms with E-state index < -0.39 is 0 Å². The average Bonchev–Trinajstić information content (AvgIpc) is 1.96. The van der Waals surface area contributed by atoms with Gasteiger partial charge in [0.25, 0.3) is 0 Å². The molecular weight excluding hydrogens is 256 g/mol. The van der Waals surface area contributed by atoms with Gasteiger partial charge in [-0.15, -0.1) is 0 Å². The highest BCUT2D eigenvalue weighted by Gasteiger charge is 2.29. The van der Waals surface area contributed by atoms with Gasteiger partial charge in [-0.3, -0.25) is 0 Å². The van der Waals surface area contributed by atoms with E-state index in [9.17, 15) is 0 Å². The molecule has 0 radical (unpaired) electrons. The van der Waals surface area contributed by atoms with E-state index in [-0.39, 0.29) is 0 Å². The molecule has 0 aromatic heterocycles. The zero-order chi connectivity index (χ0) is 7.61. The Kier molecular flexibility index (Phi) is 3.23. The molecule has 1 aliphatic rings. The van der Waals surface area contributed by atoms with E-state index in [1.54, 1.807) is 0 Å². The molecule has 1 rings (SSSR count). The Morgan fingerprint density at radius 2 is 1.90 bits per heavy atom. The van der Waals surface area contributed by atoms with Crippen LogP contribution in [0.2, 0.25) is 0 Å². The van der Waals surface area contributed by atoms with Gasteiger partial charge in [0.15, 0.2) is 0 Å². The summed E-state index contributed by atoms with van der Waals surface area (Å²) >= 11 is 7.32. The third-order valence-electron chi connectivity index (χ3n) is 2.41. The number of hydrogen-bond acceptors (Lipinski definition) is 0. The number of hydrogen-bond donors (Lipinski definition) is 0. The molecule has 0 nitrogen and oxygen atoms in total. The fourth-order valence-electron chi connectivity index (χ4n) is 1.41. The van der Waals surface area contributed by atoms with Gasteiger partial charge in [-0.25, -0.2) is 0 Å². The second-order valence-electron chi connectivity index (χ2n) is 3.47. The Morgan fingerprint density at radius 3 is 2.30 bits per heavy atom. The van der Waals surface area contributed by atoms with Crippen molar-refractivity contribution in [1.29, 1.82) is 0 Å². The van der Waals surface area contributed by atoms with E-state index in [1.165, 1.54) is 25.7 Å². The molecule has 0 unspecified atom stereocenters. The first-order valence-corrected chi connectivity index (χ1v) is 5.83. The van der Waals surface area contributed by atoms with Crippen LogP contribution in [0.3, 0.4) is 0 Å². The predicted molar refractivity (Wildman–Crippen MR) is 53.1 cm³/mol. The fourth-order valence-corrected chi connectivity index (χ4v) is 2.43. The highest BCUT2D eigenvalue weighted by Crippen LogP contribution is 2.39. The molecule has 10 heavy (non-hydrogen) atoms. The summed E-state index contributed by atoms with van der Waals surface area (Å²) in [6.07, 6.45) is 5.44. The monoisotopic (exact) mass is 268 g/mol. The minimum absolute atomic E-state index is 0.430. The van der Waals surface area contributed by atoms with Crippen LogP contribution in [0.5, 0.6) is 0 Å². The Labute approximate surface area is 80.0 Å². The van der Waals surface area contributed by atoms with Crippen molar-refractivity contribution in [1.82, 2.24) is 0 Å². The fraction of sp³-hybridized carbons (Fsp3) is 1.00. The lowest BCUT2D eigenvalue weighted by atomic mass is 9.84. The van der Waals surface area contributed by atoms with Gasteiger partial charge in [-0.1, -0.05) is 38.8 Å². The van der Waals surface area contributed by atoms with Gasteiger partial charge < -0.3 is 0 Å². The van der Waals surface area contributed by atoms with Gasteiger partial charge >= 0.3 is 0 Å². The summed E-state index contributed by atoms with van der Waals surface area (Å²) in [6, 6.07) is 0. The Bertz CT molecular complexity index is 104. The SMILES string of the molecule is CC1CCC(Br)(CBr)CC1. The molecule has 0 bridgehead atoms. The summed E-state index contributed by atoms with van der Waals surface area (Å²) in [4.78, 5) is 0. The molecule has 0 aliphatic heterocycles. The molecule has 0 atom stereocenters. The van der Waals surface area contributed by atoms with Crippen molar-refractivity contribution in [3.63, 3.8) is 0 Å². The Morgan fingerprint density at radius 1 is 1.40 bits per heavy atom. The predicted octanol–water partition coefficient (Wildman–Crippen LogP) is 3.73. The van der Waals surface area contributed by atoms with Crippen molar-refractivity contribution in [2.45, 2.75) is 36.9 Å². The largest absolute Gasteiger partial charge is 0.0913 e. The van der Waals surface area contributed by atoms with Gasteiger partial charge in [0.05, 0.1) is 0 Å². The van der Waals surface area contributed by atoms with Gasteiger partial charge in [0.1, 0.15) is 0 Å². The van der Waals surface area contributed by atoms with Crippen LogP contribution < -0.4 is 0 Å². The van der Waals surface area contributed by atoms with Gasteiger partial charge in [0.2, 0.25) is 0 Å². The van der Waals surface area contributed by atoms with Crippen LogP contribution in [0, 0.1) is 5.92 Å². The minimum Gasteiger partial charge on any atom is -0.0913 e. The number of alkyl halides is 2. The van der Waals surface area contributed by atoms with E-state index in [0.717, 1.165) is 11.2 Å². The summed E-state index contributed by atoms with van der Waals surface area (Å²) in [6.45, 7) is 2.35. The first kappa shape index (κ1) is 9.05. The average molecular weight is 270 g/mol. The van der Waals surface area contributed by atoms with Crippen molar-refractivity contribution < 1.29 is 0 Å². The maximum absolute atomic E-state index is 3.78. The first-order valence-electron chi connectivity index (χ1n) is 3.91. The van der Waals surface area contributed by atoms with Gasteiger partial charge in [-0.05, 0) is 31.6 Å². The summed E-state index contributed by atoms with van der Waals surface area (Å²) in [7, 11) is 0. The van der Waals surface area contributed by atoms with Crippen LogP contribution >= 0.6 is 31.9 Å². The summed E-state index contributed by atoms with van der Waals surface area (Å²) < 4.78 is 0.430. The van der Waals surface area contributed by atoms with Gasteiger partial charge in [0, 0.05) is 9.65 Å². The van der Waals surface area contributed by atoms with E-state index in [0.29, 0.717) is 4.32 Å². The smallest absolute Gasteiger partial charge is 0.0354 e. The lowest BCUT2D eigenvalue weighted by Gasteiger charge is -2.32. The molecule has 60 valence electrons. The minimum atomic E-state index is 0.430. The van der Waals surface area contributed by atoms with Crippen LogP contribution in [-0.4, -0.2) is 9.65 Å². The van der Waals surface area contributed by atoms with Gasteiger partial charge in [-0.2, -0.15) is 0 Å². The molecule has 0 amide bonds. The maximum atomic E-state index is 3.78. The lowest BCUT2D eigenvalue weighted by molar-refractivity contribution is 0.343. The molecule has 1 aliphatic carbocycles. The molecule has 2 heteroatoms. The Hall–Kier alpha value is 0.960. The van der Waals surface area contributed by atoms with E-state index >= 15 is 0 Å². The molecule has 0 saturated heterocycles. The zero-order valence-electron chi connectivity index (χ0n) is 6.37. The van der Waals surface area contributed by atoms with E-state index in [2.05, 4.69) is 38.8 Å². The molecule has 0 aromatic carbocycles. The van der Waals surface area contributed by atoms with Crippen molar-refractivity contribution in [2.24, 2.45) is 5.92 Å². The van der Waals surface area contributed by atoms with Crippen LogP contribution in [0.1, 0.15) is 32.6 Å². The number of halogens is 2. The van der Waals surface area contributed by atoms with Crippen molar-refractivity contribution in [3.8, 4) is 0 Å². The van der Waals surface area contributed by atoms with E-state index in [1.807, 2.05) is 0 Å². The second kappa shape index (κ2) is 3.57. The summed E-state index contributed by atoms with van der Waals surface area (Å²) in [5, 5.41) is 1.10. The second-order valence-corrected chi connectivity index (χ2v) is 5.71. The summed E-state index contributed by atoms with van der Waals surface area (Å²) in [5.41, 5.74) is 0. The summed E-state index contributed by atoms with van der Waals surface area (Å²) in [5.74, 6) is 0.949. The van der Waals surface area contributed by atoms with Crippen LogP contribution in [0.4, 0.5) is 0 Å². The highest BCUT2D eigenvalue weighted by molar-refractivity contribution is 9.12. The third kappa shape index (κ3) is 2.23. The number of rotatable bonds is 1. The molecule has 0 N–H and O–H groups in total. The maximum Gasteiger partial charge on any atom is 0.0354 e. The quantitative estimate of drug-likeness (QED) is 0.637. The van der Waals surface area contributed by atoms with E-state index in [4.69, 9.17) is 0 Å². The lowest BCUT2D eigenvalue weighted by Crippen LogP contribution is -2.28. The van der Waals surface area contributed by atoms with Crippen molar-refractivity contribution >= 4 is 31.9 Å². The molecule has 1 saturated carbocycles. The van der Waals surface area contributed by atoms with Crippen molar-refractivity contribution in [2.75, 3.05) is 5.33 Å². The normalized spacial score (nSPS) is 41.7. The molecule has 0 spiro atoms. The highest BCUT2D eigenvalue weighted by atomic mass is 79.9. The van der Waals surface area contributed by atoms with Crippen molar-refractivity contribution in [3.05, 3.63) is 0 Å². The molecule has 0 aromatic rings. The zero-order valence-corrected chi connectivity index (χ0v) is 9.54. The molecule has 0 heterocycles. The Balaban J connectivity index is 2.38. The molecular formula is C8H14Br2. The van der Waals surface area contributed by atoms with Crippen LogP contribution in [-0.2, 0) is 0 Å². The third-order valence-corrected chi connectivity index (χ3v) is 5.31.